The number of carbonyl (C=O) groups excluding carboxylic acids is 1. The third-order valence-corrected chi connectivity index (χ3v) is 5.21. The van der Waals surface area contributed by atoms with Gasteiger partial charge in [-0.1, -0.05) is 29.5 Å². The van der Waals surface area contributed by atoms with Gasteiger partial charge in [-0.2, -0.15) is 0 Å². The van der Waals surface area contributed by atoms with Gasteiger partial charge in [0.25, 0.3) is 0 Å². The molecule has 0 saturated carbocycles. The molecule has 0 aliphatic carbocycles. The SMILES string of the molecule is Cc1ccc(C)c(-c2csc(NC(=O)CSc3nncn3C)n2)c1. The Hall–Kier alpha value is -2.19. The van der Waals surface area contributed by atoms with Crippen LogP contribution in [0.1, 0.15) is 11.1 Å². The minimum atomic E-state index is -0.107. The molecule has 3 rings (SSSR count). The lowest BCUT2D eigenvalue weighted by Crippen LogP contribution is -2.14. The number of benzene rings is 1. The zero-order valence-electron chi connectivity index (χ0n) is 13.6. The smallest absolute Gasteiger partial charge is 0.236 e. The molecule has 2 aromatic heterocycles. The minimum absolute atomic E-state index is 0.107. The minimum Gasteiger partial charge on any atom is -0.312 e. The lowest BCUT2D eigenvalue weighted by atomic mass is 10.0. The zero-order valence-corrected chi connectivity index (χ0v) is 15.2. The summed E-state index contributed by atoms with van der Waals surface area (Å²) >= 11 is 2.77. The second-order valence-electron chi connectivity index (χ2n) is 5.42. The van der Waals surface area contributed by atoms with E-state index in [1.54, 1.807) is 10.9 Å². The summed E-state index contributed by atoms with van der Waals surface area (Å²) in [5, 5.41) is 13.8. The van der Waals surface area contributed by atoms with Crippen molar-refractivity contribution in [3.8, 4) is 11.3 Å². The van der Waals surface area contributed by atoms with Gasteiger partial charge in [-0.15, -0.1) is 21.5 Å². The van der Waals surface area contributed by atoms with E-state index in [1.807, 2.05) is 12.4 Å². The van der Waals surface area contributed by atoms with Crippen LogP contribution in [0.3, 0.4) is 0 Å². The summed E-state index contributed by atoms with van der Waals surface area (Å²) in [6.07, 6.45) is 1.61. The molecule has 0 radical (unpaired) electrons. The highest BCUT2D eigenvalue weighted by Gasteiger charge is 2.11. The summed E-state index contributed by atoms with van der Waals surface area (Å²) in [6.45, 7) is 4.12. The van der Waals surface area contributed by atoms with Gasteiger partial charge in [0.05, 0.1) is 11.4 Å². The number of aromatic nitrogens is 4. The fraction of sp³-hybridized carbons (Fsp3) is 0.250. The molecule has 124 valence electrons. The number of thiazole rings is 1. The molecule has 3 aromatic rings. The number of rotatable bonds is 5. The number of aryl methyl sites for hydroxylation is 3. The van der Waals surface area contributed by atoms with Crippen molar-refractivity contribution in [2.24, 2.45) is 7.05 Å². The van der Waals surface area contributed by atoms with Crippen molar-refractivity contribution >= 4 is 34.1 Å². The molecule has 0 spiro atoms. The molecule has 8 heteroatoms. The molecule has 6 nitrogen and oxygen atoms in total. The Morgan fingerprint density at radius 2 is 2.21 bits per heavy atom. The highest BCUT2D eigenvalue weighted by atomic mass is 32.2. The average molecular weight is 359 g/mol. The Bertz CT molecular complexity index is 871. The van der Waals surface area contributed by atoms with Crippen molar-refractivity contribution in [2.45, 2.75) is 19.0 Å². The van der Waals surface area contributed by atoms with E-state index in [1.165, 1.54) is 34.2 Å². The van der Waals surface area contributed by atoms with Crippen molar-refractivity contribution in [1.29, 1.82) is 0 Å². The van der Waals surface area contributed by atoms with Crippen LogP contribution in [-0.4, -0.2) is 31.4 Å². The largest absolute Gasteiger partial charge is 0.312 e. The molecule has 1 aromatic carbocycles. The molecular weight excluding hydrogens is 342 g/mol. The number of nitrogens with one attached hydrogen (secondary N) is 1. The molecule has 0 saturated heterocycles. The van der Waals surface area contributed by atoms with Crippen LogP contribution in [0.4, 0.5) is 5.13 Å². The van der Waals surface area contributed by atoms with Crippen molar-refractivity contribution < 1.29 is 4.79 Å². The van der Waals surface area contributed by atoms with Gasteiger partial charge >= 0.3 is 0 Å². The Kier molecular flexibility index (Phi) is 4.96. The van der Waals surface area contributed by atoms with Gasteiger partial charge in [0.1, 0.15) is 6.33 Å². The van der Waals surface area contributed by atoms with Crippen LogP contribution >= 0.6 is 23.1 Å². The van der Waals surface area contributed by atoms with Crippen molar-refractivity contribution in [1.82, 2.24) is 19.7 Å². The topological polar surface area (TPSA) is 72.7 Å². The Morgan fingerprint density at radius 1 is 1.38 bits per heavy atom. The summed E-state index contributed by atoms with van der Waals surface area (Å²) in [7, 11) is 1.84. The molecule has 0 aliphatic heterocycles. The van der Waals surface area contributed by atoms with Crippen molar-refractivity contribution in [3.05, 3.63) is 41.0 Å². The van der Waals surface area contributed by atoms with E-state index in [0.717, 1.165) is 11.3 Å². The average Bonchev–Trinajstić information content (AvgIpc) is 3.17. The van der Waals surface area contributed by atoms with E-state index in [4.69, 9.17) is 0 Å². The zero-order chi connectivity index (χ0) is 17.1. The summed E-state index contributed by atoms with van der Waals surface area (Å²) in [5.74, 6) is 0.162. The number of nitrogens with zero attached hydrogens (tertiary/aromatic N) is 4. The number of carbonyl (C=O) groups is 1. The number of hydrogen-bond acceptors (Lipinski definition) is 6. The summed E-state index contributed by atoms with van der Waals surface area (Å²) in [4.78, 5) is 16.6. The molecule has 2 heterocycles. The summed E-state index contributed by atoms with van der Waals surface area (Å²) < 4.78 is 1.78. The summed E-state index contributed by atoms with van der Waals surface area (Å²) in [5.41, 5.74) is 4.34. The molecule has 0 aliphatic rings. The molecule has 1 N–H and O–H groups in total. The third kappa shape index (κ3) is 3.82. The molecule has 24 heavy (non-hydrogen) atoms. The van der Waals surface area contributed by atoms with Gasteiger partial charge < -0.3 is 9.88 Å². The standard InChI is InChI=1S/C16H17N5OS2/c1-10-4-5-11(2)12(6-10)13-7-23-15(18-13)19-14(22)8-24-16-20-17-9-21(16)3/h4-7,9H,8H2,1-3H3,(H,18,19,22). The Morgan fingerprint density at radius 3 is 2.96 bits per heavy atom. The van der Waals surface area contributed by atoms with Crippen LogP contribution in [0.25, 0.3) is 11.3 Å². The van der Waals surface area contributed by atoms with Crippen molar-refractivity contribution in [3.63, 3.8) is 0 Å². The van der Waals surface area contributed by atoms with Gasteiger partial charge in [-0.05, 0) is 25.5 Å². The third-order valence-electron chi connectivity index (χ3n) is 3.42. The van der Waals surface area contributed by atoms with Crippen LogP contribution in [0, 0.1) is 13.8 Å². The quantitative estimate of drug-likeness (QED) is 0.708. The van der Waals surface area contributed by atoms with E-state index in [-0.39, 0.29) is 11.7 Å². The normalized spacial score (nSPS) is 10.8. The predicted molar refractivity (Wildman–Crippen MR) is 97.4 cm³/mol. The van der Waals surface area contributed by atoms with Gasteiger partial charge in [-0.25, -0.2) is 4.98 Å². The Balaban J connectivity index is 1.64. The van der Waals surface area contributed by atoms with E-state index < -0.39 is 0 Å². The highest BCUT2D eigenvalue weighted by molar-refractivity contribution is 7.99. The molecule has 1 amide bonds. The first kappa shape index (κ1) is 16.7. The maximum atomic E-state index is 12.1. The lowest BCUT2D eigenvalue weighted by molar-refractivity contribution is -0.113. The van der Waals surface area contributed by atoms with Gasteiger partial charge in [0.2, 0.25) is 5.91 Å². The van der Waals surface area contributed by atoms with Crippen LogP contribution < -0.4 is 5.32 Å². The summed E-state index contributed by atoms with van der Waals surface area (Å²) in [6, 6.07) is 6.28. The maximum absolute atomic E-state index is 12.1. The maximum Gasteiger partial charge on any atom is 0.236 e. The molecule has 0 bridgehead atoms. The lowest BCUT2D eigenvalue weighted by Gasteiger charge is -2.04. The fourth-order valence-corrected chi connectivity index (χ4v) is 3.57. The second-order valence-corrected chi connectivity index (χ2v) is 7.22. The molecule has 0 fully saturated rings. The first-order valence-corrected chi connectivity index (χ1v) is 9.19. The first-order valence-electron chi connectivity index (χ1n) is 7.33. The number of thioether (sulfide) groups is 1. The predicted octanol–water partition coefficient (Wildman–Crippen LogP) is 3.29. The first-order chi connectivity index (χ1) is 11.5. The van der Waals surface area contributed by atoms with Gasteiger partial charge in [0.15, 0.2) is 10.3 Å². The Labute approximate surface area is 148 Å². The van der Waals surface area contributed by atoms with E-state index in [9.17, 15) is 4.79 Å². The van der Waals surface area contributed by atoms with Crippen LogP contribution in [0.5, 0.6) is 0 Å². The van der Waals surface area contributed by atoms with Crippen LogP contribution in [-0.2, 0) is 11.8 Å². The second kappa shape index (κ2) is 7.14. The van der Waals surface area contributed by atoms with Crippen LogP contribution in [0.15, 0.2) is 35.1 Å². The number of hydrogen-bond donors (Lipinski definition) is 1. The molecule has 0 atom stereocenters. The molecule has 0 unspecified atom stereocenters. The highest BCUT2D eigenvalue weighted by Crippen LogP contribution is 2.28. The van der Waals surface area contributed by atoms with Crippen LogP contribution in [0.2, 0.25) is 0 Å². The number of amides is 1. The fourth-order valence-electron chi connectivity index (χ4n) is 2.16. The van der Waals surface area contributed by atoms with Gasteiger partial charge in [0, 0.05) is 18.0 Å². The van der Waals surface area contributed by atoms with E-state index in [0.29, 0.717) is 10.3 Å². The monoisotopic (exact) mass is 359 g/mol. The number of anilines is 1. The molecular formula is C16H17N5OS2. The van der Waals surface area contributed by atoms with E-state index >= 15 is 0 Å². The van der Waals surface area contributed by atoms with Crippen molar-refractivity contribution in [2.75, 3.05) is 11.1 Å². The van der Waals surface area contributed by atoms with E-state index in [2.05, 4.69) is 52.5 Å². The van der Waals surface area contributed by atoms with Gasteiger partial charge in [-0.3, -0.25) is 4.79 Å².